The van der Waals surface area contributed by atoms with Crippen molar-refractivity contribution in [1.29, 1.82) is 0 Å². The maximum absolute atomic E-state index is 10.5. The number of rotatable bonds is 5. The van der Waals surface area contributed by atoms with Gasteiger partial charge in [-0.2, -0.15) is 0 Å². The molecule has 1 aromatic rings. The minimum Gasteiger partial charge on any atom is -0.480 e. The van der Waals surface area contributed by atoms with E-state index in [0.717, 1.165) is 24.1 Å². The molecule has 0 spiro atoms. The normalized spacial score (nSPS) is 18.3. The molecule has 18 heavy (non-hydrogen) atoms. The number of ether oxygens (including phenoxy) is 1. The molecule has 98 valence electrons. The van der Waals surface area contributed by atoms with Crippen LogP contribution in [0.25, 0.3) is 0 Å². The lowest BCUT2D eigenvalue weighted by atomic mass is 9.95. The van der Waals surface area contributed by atoms with Crippen LogP contribution in [0.15, 0.2) is 28.7 Å². The van der Waals surface area contributed by atoms with Gasteiger partial charge in [-0.25, -0.2) is 4.79 Å². The molecule has 1 fully saturated rings. The van der Waals surface area contributed by atoms with Crippen molar-refractivity contribution in [3.8, 4) is 0 Å². The summed E-state index contributed by atoms with van der Waals surface area (Å²) in [7, 11) is 0. The fraction of sp³-hybridized carbons (Fsp3) is 0.462. The van der Waals surface area contributed by atoms with Crippen LogP contribution in [-0.2, 0) is 16.1 Å². The van der Waals surface area contributed by atoms with Crippen molar-refractivity contribution >= 4 is 21.9 Å². The average Bonchev–Trinajstić information content (AvgIpc) is 2.24. The topological polar surface area (TPSA) is 49.8 Å². The minimum atomic E-state index is -0.915. The molecule has 4 nitrogen and oxygen atoms in total. The highest BCUT2D eigenvalue weighted by Gasteiger charge is 2.39. The summed E-state index contributed by atoms with van der Waals surface area (Å²) in [4.78, 5) is 12.7. The Labute approximate surface area is 115 Å². The van der Waals surface area contributed by atoms with Gasteiger partial charge in [0.15, 0.2) is 0 Å². The van der Waals surface area contributed by atoms with Crippen molar-refractivity contribution in [3.63, 3.8) is 0 Å². The Hall–Kier alpha value is -0.910. The summed E-state index contributed by atoms with van der Waals surface area (Å²) in [5, 5.41) is 8.58. The van der Waals surface area contributed by atoms with Crippen LogP contribution in [0.4, 0.5) is 0 Å². The molecule has 0 atom stereocenters. The standard InChI is InChI=1S/C13H16BrNO3/c1-13(18-7-12(16)17)8-15(9-13)6-10-3-2-4-11(14)5-10/h2-5H,6-9H2,1H3,(H,16,17). The van der Waals surface area contributed by atoms with Crippen LogP contribution in [-0.4, -0.2) is 41.3 Å². The van der Waals surface area contributed by atoms with Gasteiger partial charge < -0.3 is 9.84 Å². The molecule has 0 aromatic heterocycles. The van der Waals surface area contributed by atoms with E-state index in [4.69, 9.17) is 9.84 Å². The molecule has 0 radical (unpaired) electrons. The van der Waals surface area contributed by atoms with E-state index in [1.165, 1.54) is 5.56 Å². The predicted octanol–water partition coefficient (Wildman–Crippen LogP) is 2.12. The van der Waals surface area contributed by atoms with Gasteiger partial charge >= 0.3 is 5.97 Å². The number of carboxylic acid groups (broad SMARTS) is 1. The van der Waals surface area contributed by atoms with Crippen LogP contribution in [0.1, 0.15) is 12.5 Å². The Morgan fingerprint density at radius 2 is 2.28 bits per heavy atom. The van der Waals surface area contributed by atoms with Gasteiger partial charge in [-0.3, -0.25) is 4.90 Å². The number of aliphatic carboxylic acids is 1. The number of carboxylic acids is 1. The molecule has 1 aromatic carbocycles. The maximum atomic E-state index is 10.5. The SMILES string of the molecule is CC1(OCC(=O)O)CN(Cc2cccc(Br)c2)C1. The van der Waals surface area contributed by atoms with Crippen molar-refractivity contribution in [3.05, 3.63) is 34.3 Å². The Morgan fingerprint density at radius 1 is 1.56 bits per heavy atom. The number of carbonyl (C=O) groups is 1. The van der Waals surface area contributed by atoms with E-state index in [9.17, 15) is 4.79 Å². The van der Waals surface area contributed by atoms with Crippen LogP contribution < -0.4 is 0 Å². The molecule has 1 heterocycles. The lowest BCUT2D eigenvalue weighted by Gasteiger charge is -2.47. The summed E-state index contributed by atoms with van der Waals surface area (Å²) in [6.07, 6.45) is 0. The number of benzene rings is 1. The third-order valence-corrected chi connectivity index (χ3v) is 3.45. The molecule has 1 aliphatic heterocycles. The van der Waals surface area contributed by atoms with Gasteiger partial charge in [-0.15, -0.1) is 0 Å². The molecule has 0 unspecified atom stereocenters. The van der Waals surface area contributed by atoms with Crippen molar-refractivity contribution in [2.45, 2.75) is 19.1 Å². The van der Waals surface area contributed by atoms with Crippen molar-refractivity contribution in [1.82, 2.24) is 4.90 Å². The lowest BCUT2D eigenvalue weighted by molar-refractivity contribution is -0.165. The number of hydrogen-bond donors (Lipinski definition) is 1. The van der Waals surface area contributed by atoms with E-state index >= 15 is 0 Å². The first-order valence-corrected chi connectivity index (χ1v) is 6.59. The summed E-state index contributed by atoms with van der Waals surface area (Å²) < 4.78 is 6.44. The van der Waals surface area contributed by atoms with Crippen molar-refractivity contribution in [2.75, 3.05) is 19.7 Å². The highest BCUT2D eigenvalue weighted by molar-refractivity contribution is 9.10. The molecule has 0 amide bonds. The molecule has 5 heteroatoms. The summed E-state index contributed by atoms with van der Waals surface area (Å²) in [6.45, 7) is 4.14. The zero-order valence-corrected chi connectivity index (χ0v) is 11.8. The fourth-order valence-corrected chi connectivity index (χ4v) is 2.68. The number of hydrogen-bond acceptors (Lipinski definition) is 3. The molecule has 1 N–H and O–H groups in total. The second kappa shape index (κ2) is 5.38. The second-order valence-corrected chi connectivity index (χ2v) is 5.82. The third-order valence-electron chi connectivity index (χ3n) is 2.96. The molecule has 0 aliphatic carbocycles. The molecule has 2 rings (SSSR count). The van der Waals surface area contributed by atoms with Gasteiger partial charge in [0.05, 0.1) is 5.60 Å². The van der Waals surface area contributed by atoms with E-state index in [0.29, 0.717) is 0 Å². The molecule has 1 aliphatic rings. The summed E-state index contributed by atoms with van der Waals surface area (Å²) in [5.74, 6) is -0.915. The van der Waals surface area contributed by atoms with Gasteiger partial charge in [0.25, 0.3) is 0 Å². The third kappa shape index (κ3) is 3.54. The van der Waals surface area contributed by atoms with Gasteiger partial charge in [0.2, 0.25) is 0 Å². The van der Waals surface area contributed by atoms with E-state index in [-0.39, 0.29) is 12.2 Å². The van der Waals surface area contributed by atoms with Gasteiger partial charge in [0.1, 0.15) is 6.61 Å². The van der Waals surface area contributed by atoms with Crippen LogP contribution in [0, 0.1) is 0 Å². The molecular weight excluding hydrogens is 298 g/mol. The van der Waals surface area contributed by atoms with Crippen LogP contribution >= 0.6 is 15.9 Å². The van der Waals surface area contributed by atoms with Crippen LogP contribution in [0.2, 0.25) is 0 Å². The van der Waals surface area contributed by atoms with Crippen molar-refractivity contribution < 1.29 is 14.6 Å². The predicted molar refractivity (Wildman–Crippen MR) is 71.4 cm³/mol. The fourth-order valence-electron chi connectivity index (χ4n) is 2.23. The molecule has 0 bridgehead atoms. The molecule has 0 saturated carbocycles. The maximum Gasteiger partial charge on any atom is 0.329 e. The zero-order chi connectivity index (χ0) is 13.2. The Bertz CT molecular complexity index is 444. The highest BCUT2D eigenvalue weighted by atomic mass is 79.9. The van der Waals surface area contributed by atoms with E-state index in [1.54, 1.807) is 0 Å². The zero-order valence-electron chi connectivity index (χ0n) is 10.2. The Balaban J connectivity index is 1.80. The lowest BCUT2D eigenvalue weighted by Crippen LogP contribution is -2.61. The highest BCUT2D eigenvalue weighted by Crippen LogP contribution is 2.26. The average molecular weight is 314 g/mol. The Morgan fingerprint density at radius 3 is 2.89 bits per heavy atom. The monoisotopic (exact) mass is 313 g/mol. The first-order valence-electron chi connectivity index (χ1n) is 5.79. The first kappa shape index (κ1) is 13.5. The number of likely N-dealkylation sites (tertiary alicyclic amines) is 1. The summed E-state index contributed by atoms with van der Waals surface area (Å²) >= 11 is 3.45. The first-order chi connectivity index (χ1) is 8.47. The van der Waals surface area contributed by atoms with Gasteiger partial charge in [-0.05, 0) is 24.6 Å². The van der Waals surface area contributed by atoms with E-state index in [1.807, 2.05) is 19.1 Å². The number of nitrogens with zero attached hydrogens (tertiary/aromatic N) is 1. The van der Waals surface area contributed by atoms with E-state index < -0.39 is 5.97 Å². The number of halogens is 1. The van der Waals surface area contributed by atoms with Gasteiger partial charge in [-0.1, -0.05) is 28.1 Å². The smallest absolute Gasteiger partial charge is 0.329 e. The molecular formula is C13H16BrNO3. The summed E-state index contributed by atoms with van der Waals surface area (Å²) in [5.41, 5.74) is 0.925. The quantitative estimate of drug-likeness (QED) is 0.904. The second-order valence-electron chi connectivity index (χ2n) is 4.91. The minimum absolute atomic E-state index is 0.221. The molecule has 1 saturated heterocycles. The largest absolute Gasteiger partial charge is 0.480 e. The van der Waals surface area contributed by atoms with E-state index in [2.05, 4.69) is 33.0 Å². The Kier molecular flexibility index (Phi) is 4.04. The van der Waals surface area contributed by atoms with Crippen molar-refractivity contribution in [2.24, 2.45) is 0 Å². The summed E-state index contributed by atoms with van der Waals surface area (Å²) in [6, 6.07) is 8.19. The van der Waals surface area contributed by atoms with Crippen LogP contribution in [0.3, 0.4) is 0 Å². The van der Waals surface area contributed by atoms with Crippen LogP contribution in [0.5, 0.6) is 0 Å². The van der Waals surface area contributed by atoms with Gasteiger partial charge in [0, 0.05) is 24.1 Å².